The Labute approximate surface area is 168 Å². The largest absolute Gasteiger partial charge is 0.462 e. The number of nitriles is 1. The van der Waals surface area contributed by atoms with Crippen LogP contribution in [0.2, 0.25) is 0 Å². The van der Waals surface area contributed by atoms with Crippen LogP contribution in [0, 0.1) is 10.7 Å². The number of thioether (sulfide) groups is 1. The monoisotopic (exact) mass is 453 g/mol. The van der Waals surface area contributed by atoms with E-state index in [9.17, 15) is 14.4 Å². The summed E-state index contributed by atoms with van der Waals surface area (Å²) in [5.41, 5.74) is -1.95. The van der Waals surface area contributed by atoms with Crippen molar-refractivity contribution in [3.8, 4) is 5.40 Å². The number of carbonyl (C=O) groups is 3. The molecule has 0 radical (unpaired) electrons. The highest BCUT2D eigenvalue weighted by Crippen LogP contribution is 2.45. The molecular formula is C18H16BrNO6S. The average Bonchev–Trinajstić information content (AvgIpc) is 2.94. The van der Waals surface area contributed by atoms with Crippen molar-refractivity contribution in [1.82, 2.24) is 0 Å². The molecule has 0 aliphatic carbocycles. The number of thiocyanates is 1. The fourth-order valence-electron chi connectivity index (χ4n) is 2.66. The Balaban J connectivity index is 2.73. The average molecular weight is 454 g/mol. The molecule has 0 saturated heterocycles. The number of esters is 3. The third-order valence-electron chi connectivity index (χ3n) is 3.73. The number of halogens is 1. The summed E-state index contributed by atoms with van der Waals surface area (Å²) in [5, 5.41) is 10.9. The van der Waals surface area contributed by atoms with Crippen molar-refractivity contribution in [2.24, 2.45) is 0 Å². The highest BCUT2D eigenvalue weighted by Gasteiger charge is 2.55. The number of rotatable bonds is 7. The molecular weight excluding hydrogens is 438 g/mol. The molecule has 7 nitrogen and oxygen atoms in total. The predicted octanol–water partition coefficient (Wildman–Crippen LogP) is 2.84. The number of cyclic esters (lactones) is 1. The second kappa shape index (κ2) is 9.06. The number of nitrogens with zero attached hydrogens (tertiary/aromatic N) is 1. The third-order valence-corrected chi connectivity index (χ3v) is 4.94. The topological polar surface area (TPSA) is 103 Å². The van der Waals surface area contributed by atoms with Crippen molar-refractivity contribution < 1.29 is 28.6 Å². The lowest BCUT2D eigenvalue weighted by Gasteiger charge is -2.29. The molecule has 142 valence electrons. The molecule has 2 rings (SSSR count). The Bertz CT molecular complexity index is 829. The van der Waals surface area contributed by atoms with Gasteiger partial charge >= 0.3 is 17.9 Å². The molecule has 0 amide bonds. The number of hydrogen-bond acceptors (Lipinski definition) is 8. The van der Waals surface area contributed by atoms with E-state index < -0.39 is 29.1 Å². The summed E-state index contributed by atoms with van der Waals surface area (Å²) < 4.78 is 16.3. The van der Waals surface area contributed by atoms with E-state index in [2.05, 4.69) is 15.9 Å². The zero-order valence-electron chi connectivity index (χ0n) is 14.6. The molecule has 27 heavy (non-hydrogen) atoms. The van der Waals surface area contributed by atoms with Gasteiger partial charge in [0.2, 0.25) is 0 Å². The fourth-order valence-corrected chi connectivity index (χ4v) is 3.57. The summed E-state index contributed by atoms with van der Waals surface area (Å²) in [6.07, 6.45) is 0. The maximum absolute atomic E-state index is 12.7. The first-order valence-corrected chi connectivity index (χ1v) is 9.78. The van der Waals surface area contributed by atoms with Crippen molar-refractivity contribution in [3.05, 3.63) is 45.4 Å². The van der Waals surface area contributed by atoms with Gasteiger partial charge in [0.25, 0.3) is 0 Å². The molecule has 0 aromatic heterocycles. The van der Waals surface area contributed by atoms with Crippen LogP contribution < -0.4 is 0 Å². The summed E-state index contributed by atoms with van der Waals surface area (Å²) in [7, 11) is 0. The normalized spacial score (nSPS) is 18.7. The van der Waals surface area contributed by atoms with E-state index in [4.69, 9.17) is 19.5 Å². The maximum atomic E-state index is 12.7. The van der Waals surface area contributed by atoms with Gasteiger partial charge in [-0.15, -0.1) is 0 Å². The van der Waals surface area contributed by atoms with Crippen LogP contribution in [-0.2, 0) is 34.2 Å². The van der Waals surface area contributed by atoms with Gasteiger partial charge in [0.05, 0.1) is 19.0 Å². The molecule has 1 aromatic carbocycles. The zero-order valence-corrected chi connectivity index (χ0v) is 17.0. The van der Waals surface area contributed by atoms with Gasteiger partial charge in [0.15, 0.2) is 11.2 Å². The Kier molecular flexibility index (Phi) is 7.05. The van der Waals surface area contributed by atoms with Crippen LogP contribution >= 0.6 is 27.7 Å². The molecule has 1 aliphatic rings. The smallest absolute Gasteiger partial charge is 0.347 e. The number of carbonyl (C=O) groups excluding carboxylic acids is 3. The Morgan fingerprint density at radius 3 is 2.33 bits per heavy atom. The van der Waals surface area contributed by atoms with Crippen LogP contribution in [0.1, 0.15) is 19.4 Å². The molecule has 0 spiro atoms. The minimum atomic E-state index is -1.63. The minimum Gasteiger partial charge on any atom is -0.462 e. The summed E-state index contributed by atoms with van der Waals surface area (Å²) in [4.78, 5) is 37.6. The van der Waals surface area contributed by atoms with Crippen molar-refractivity contribution in [2.45, 2.75) is 19.4 Å². The molecule has 0 bridgehead atoms. The van der Waals surface area contributed by atoms with E-state index in [-0.39, 0.29) is 24.5 Å². The molecule has 1 aliphatic heterocycles. The maximum Gasteiger partial charge on any atom is 0.347 e. The van der Waals surface area contributed by atoms with Gasteiger partial charge in [-0.25, -0.2) is 14.4 Å². The minimum absolute atomic E-state index is 0.0178. The number of hydrogen-bond donors (Lipinski definition) is 0. The summed E-state index contributed by atoms with van der Waals surface area (Å²) >= 11 is 4.11. The van der Waals surface area contributed by atoms with Crippen molar-refractivity contribution in [2.75, 3.05) is 19.0 Å². The Morgan fingerprint density at radius 1 is 1.19 bits per heavy atom. The van der Waals surface area contributed by atoms with E-state index in [0.29, 0.717) is 5.56 Å². The number of benzene rings is 1. The second-order valence-corrected chi connectivity index (χ2v) is 6.97. The Morgan fingerprint density at radius 2 is 1.78 bits per heavy atom. The summed E-state index contributed by atoms with van der Waals surface area (Å²) in [6, 6.07) is 6.69. The third kappa shape index (κ3) is 4.17. The van der Waals surface area contributed by atoms with Crippen LogP contribution in [0.5, 0.6) is 0 Å². The van der Waals surface area contributed by atoms with Crippen molar-refractivity contribution in [3.63, 3.8) is 0 Å². The van der Waals surface area contributed by atoms with Crippen LogP contribution in [0.25, 0.3) is 0 Å². The standard InChI is InChI=1S/C18H16BrNO6S/c1-3-24-15(21)13-14(17(23)25-4-2)18(9-27-10-20,26-16(13)22)11-5-7-12(19)8-6-11/h5-8H,3-4,9H2,1-2H3. The first-order valence-electron chi connectivity index (χ1n) is 8.00. The molecule has 1 heterocycles. The van der Waals surface area contributed by atoms with Crippen LogP contribution in [0.3, 0.4) is 0 Å². The quantitative estimate of drug-likeness (QED) is 0.268. The van der Waals surface area contributed by atoms with Gasteiger partial charge in [-0.3, -0.25) is 0 Å². The zero-order chi connectivity index (χ0) is 20.0. The second-order valence-electron chi connectivity index (χ2n) is 5.29. The predicted molar refractivity (Wildman–Crippen MR) is 100 cm³/mol. The van der Waals surface area contributed by atoms with Gasteiger partial charge in [-0.2, -0.15) is 5.26 Å². The fraction of sp³-hybridized carbons (Fsp3) is 0.333. The summed E-state index contributed by atoms with van der Waals surface area (Å²) in [5.74, 6) is -2.91. The van der Waals surface area contributed by atoms with Crippen LogP contribution in [-0.4, -0.2) is 36.9 Å². The first-order chi connectivity index (χ1) is 12.9. The molecule has 0 saturated carbocycles. The molecule has 1 unspecified atom stereocenters. The highest BCUT2D eigenvalue weighted by molar-refractivity contribution is 9.10. The van der Waals surface area contributed by atoms with E-state index in [1.807, 2.05) is 5.40 Å². The Hall–Kier alpha value is -2.31. The lowest BCUT2D eigenvalue weighted by Crippen LogP contribution is -2.36. The first kappa shape index (κ1) is 21.0. The highest BCUT2D eigenvalue weighted by atomic mass is 79.9. The van der Waals surface area contributed by atoms with E-state index in [1.165, 1.54) is 0 Å². The lowest BCUT2D eigenvalue weighted by atomic mass is 9.86. The SMILES string of the molecule is CCOC(=O)C1=C(C(=O)OCC)C(CSC#N)(c2ccc(Br)cc2)OC1=O. The van der Waals surface area contributed by atoms with Gasteiger partial charge in [-0.1, -0.05) is 28.1 Å². The molecule has 0 N–H and O–H groups in total. The van der Waals surface area contributed by atoms with Gasteiger partial charge in [0, 0.05) is 10.0 Å². The molecule has 0 fully saturated rings. The molecule has 9 heteroatoms. The van der Waals surface area contributed by atoms with Gasteiger partial charge in [-0.05, 0) is 37.7 Å². The lowest BCUT2D eigenvalue weighted by molar-refractivity contribution is -0.150. The van der Waals surface area contributed by atoms with E-state index in [1.54, 1.807) is 38.1 Å². The molecule has 1 atom stereocenters. The van der Waals surface area contributed by atoms with Gasteiger partial charge in [0.1, 0.15) is 11.0 Å². The number of ether oxygens (including phenoxy) is 3. The van der Waals surface area contributed by atoms with Crippen LogP contribution in [0.4, 0.5) is 0 Å². The van der Waals surface area contributed by atoms with E-state index in [0.717, 1.165) is 16.2 Å². The summed E-state index contributed by atoms with van der Waals surface area (Å²) in [6.45, 7) is 3.24. The van der Waals surface area contributed by atoms with Crippen LogP contribution in [0.15, 0.2) is 39.9 Å². The van der Waals surface area contributed by atoms with Crippen molar-refractivity contribution >= 4 is 45.6 Å². The van der Waals surface area contributed by atoms with E-state index >= 15 is 0 Å². The van der Waals surface area contributed by atoms with Gasteiger partial charge < -0.3 is 14.2 Å². The van der Waals surface area contributed by atoms with Crippen molar-refractivity contribution in [1.29, 1.82) is 5.26 Å². The molecule has 1 aromatic rings.